The number of amides is 1. The van der Waals surface area contributed by atoms with Crippen LogP contribution in [0.3, 0.4) is 0 Å². The molecule has 3 aromatic carbocycles. The summed E-state index contributed by atoms with van der Waals surface area (Å²) in [6.45, 7) is 2.81. The first-order valence-corrected chi connectivity index (χ1v) is 12.6. The van der Waals surface area contributed by atoms with Crippen LogP contribution in [0, 0.1) is 5.82 Å². The standard InChI is InChI=1S/C28H25BrFN3O/c1-16-21-6-4-3-5-17(21)11-12-33(16)28(34)19-13-23(18-7-8-18)26-25(14-19)32(2)27(31-26)22-10-9-20(29)15-24(22)30/h3-6,9-10,13-16,18H,7-8,11-12H2,1-2H3/t16-/m1/s1. The average Bonchev–Trinajstić information content (AvgIpc) is 3.63. The summed E-state index contributed by atoms with van der Waals surface area (Å²) < 4.78 is 17.4. The van der Waals surface area contributed by atoms with Crippen LogP contribution in [0.1, 0.15) is 58.8 Å². The SMILES string of the molecule is C[C@@H]1c2ccccc2CCN1C(=O)c1cc(C2CC2)c2nc(-c3ccc(Br)cc3F)n(C)c2c1. The van der Waals surface area contributed by atoms with E-state index in [1.54, 1.807) is 6.07 Å². The minimum absolute atomic E-state index is 0.0245. The fourth-order valence-electron chi connectivity index (χ4n) is 5.27. The molecule has 6 heteroatoms. The summed E-state index contributed by atoms with van der Waals surface area (Å²) in [6, 6.07) is 17.4. The van der Waals surface area contributed by atoms with Crippen molar-refractivity contribution in [2.45, 2.75) is 38.1 Å². The molecule has 0 unspecified atom stereocenters. The van der Waals surface area contributed by atoms with Gasteiger partial charge in [0.15, 0.2) is 0 Å². The molecular formula is C28H25BrFN3O. The maximum absolute atomic E-state index is 14.8. The van der Waals surface area contributed by atoms with Gasteiger partial charge in [-0.15, -0.1) is 0 Å². The van der Waals surface area contributed by atoms with Crippen LogP contribution in [0.4, 0.5) is 4.39 Å². The van der Waals surface area contributed by atoms with Crippen molar-refractivity contribution < 1.29 is 9.18 Å². The molecule has 1 amide bonds. The van der Waals surface area contributed by atoms with Crippen LogP contribution in [-0.2, 0) is 13.5 Å². The third kappa shape index (κ3) is 3.47. The quantitative estimate of drug-likeness (QED) is 0.300. The van der Waals surface area contributed by atoms with Gasteiger partial charge in [0.2, 0.25) is 0 Å². The predicted octanol–water partition coefficient (Wildman–Crippen LogP) is 6.78. The van der Waals surface area contributed by atoms with Crippen LogP contribution < -0.4 is 0 Å². The van der Waals surface area contributed by atoms with Crippen LogP contribution >= 0.6 is 15.9 Å². The predicted molar refractivity (Wildman–Crippen MR) is 135 cm³/mol. The number of nitrogens with zero attached hydrogens (tertiary/aromatic N) is 3. The average molecular weight is 518 g/mol. The number of rotatable bonds is 3. The number of fused-ring (bicyclic) bond motifs is 2. The Morgan fingerprint density at radius 3 is 2.65 bits per heavy atom. The minimum atomic E-state index is -0.321. The summed E-state index contributed by atoms with van der Waals surface area (Å²) >= 11 is 3.33. The van der Waals surface area contributed by atoms with E-state index in [1.165, 1.54) is 17.2 Å². The number of carbonyl (C=O) groups excluding carboxylic acids is 1. The van der Waals surface area contributed by atoms with Gasteiger partial charge >= 0.3 is 0 Å². The van der Waals surface area contributed by atoms with E-state index in [1.807, 2.05) is 40.8 Å². The Balaban J connectivity index is 1.45. The van der Waals surface area contributed by atoms with Crippen molar-refractivity contribution >= 4 is 32.9 Å². The molecule has 2 heterocycles. The first kappa shape index (κ1) is 21.5. The molecule has 0 radical (unpaired) electrons. The molecule has 1 fully saturated rings. The minimum Gasteiger partial charge on any atom is -0.332 e. The summed E-state index contributed by atoms with van der Waals surface area (Å²) in [7, 11) is 1.90. The van der Waals surface area contributed by atoms with Gasteiger partial charge in [-0.25, -0.2) is 9.37 Å². The Labute approximate surface area is 206 Å². The lowest BCUT2D eigenvalue weighted by atomic mass is 9.92. The summed E-state index contributed by atoms with van der Waals surface area (Å²) in [5, 5.41) is 0. The van der Waals surface area contributed by atoms with E-state index in [0.717, 1.165) is 35.9 Å². The highest BCUT2D eigenvalue weighted by atomic mass is 79.9. The summed E-state index contributed by atoms with van der Waals surface area (Å²) in [6.07, 6.45) is 3.06. The van der Waals surface area contributed by atoms with Crippen molar-refractivity contribution in [3.05, 3.63) is 87.1 Å². The van der Waals surface area contributed by atoms with Crippen molar-refractivity contribution in [1.29, 1.82) is 0 Å². The van der Waals surface area contributed by atoms with Gasteiger partial charge in [0.25, 0.3) is 5.91 Å². The number of imidazole rings is 1. The van der Waals surface area contributed by atoms with Gasteiger partial charge in [-0.3, -0.25) is 4.79 Å². The summed E-state index contributed by atoms with van der Waals surface area (Å²) in [5.41, 5.74) is 6.53. The molecule has 0 N–H and O–H groups in total. The number of aryl methyl sites for hydroxylation is 1. The molecule has 172 valence electrons. The molecule has 0 saturated heterocycles. The summed E-state index contributed by atoms with van der Waals surface area (Å²) in [5.74, 6) is 0.709. The Morgan fingerprint density at radius 2 is 1.88 bits per heavy atom. The zero-order valence-corrected chi connectivity index (χ0v) is 20.8. The van der Waals surface area contributed by atoms with Gasteiger partial charge in [0.1, 0.15) is 11.6 Å². The van der Waals surface area contributed by atoms with Gasteiger partial charge in [-0.2, -0.15) is 0 Å². The Kier molecular flexibility index (Phi) is 5.10. The second kappa shape index (κ2) is 8.05. The lowest BCUT2D eigenvalue weighted by molar-refractivity contribution is 0.0677. The highest BCUT2D eigenvalue weighted by Gasteiger charge is 2.32. The largest absolute Gasteiger partial charge is 0.332 e. The third-order valence-electron chi connectivity index (χ3n) is 7.31. The first-order chi connectivity index (χ1) is 16.4. The van der Waals surface area contributed by atoms with Crippen LogP contribution in [0.2, 0.25) is 0 Å². The van der Waals surface area contributed by atoms with Crippen molar-refractivity contribution in [3.63, 3.8) is 0 Å². The molecule has 1 aliphatic heterocycles. The van der Waals surface area contributed by atoms with Crippen molar-refractivity contribution in [1.82, 2.24) is 14.5 Å². The van der Waals surface area contributed by atoms with E-state index in [2.05, 4.69) is 41.1 Å². The molecule has 6 rings (SSSR count). The number of halogens is 2. The summed E-state index contributed by atoms with van der Waals surface area (Å²) in [4.78, 5) is 20.6. The van der Waals surface area contributed by atoms with E-state index < -0.39 is 0 Å². The molecule has 2 aliphatic rings. The lowest BCUT2D eigenvalue weighted by Gasteiger charge is -2.35. The van der Waals surface area contributed by atoms with Crippen molar-refractivity contribution in [2.75, 3.05) is 6.54 Å². The molecule has 1 aromatic heterocycles. The van der Waals surface area contributed by atoms with E-state index in [4.69, 9.17) is 4.98 Å². The molecule has 1 saturated carbocycles. The molecule has 1 aliphatic carbocycles. The fraction of sp³-hybridized carbons (Fsp3) is 0.286. The van der Waals surface area contributed by atoms with Crippen molar-refractivity contribution in [3.8, 4) is 11.4 Å². The van der Waals surface area contributed by atoms with Crippen LogP contribution in [0.15, 0.2) is 59.1 Å². The second-order valence-corrected chi connectivity index (χ2v) is 10.4. The van der Waals surface area contributed by atoms with E-state index >= 15 is 0 Å². The highest BCUT2D eigenvalue weighted by Crippen LogP contribution is 2.44. The zero-order valence-electron chi connectivity index (χ0n) is 19.2. The molecule has 0 bridgehead atoms. The number of aromatic nitrogens is 2. The van der Waals surface area contributed by atoms with Crippen LogP contribution in [0.25, 0.3) is 22.4 Å². The van der Waals surface area contributed by atoms with Gasteiger partial charge in [0.05, 0.1) is 22.6 Å². The van der Waals surface area contributed by atoms with Crippen LogP contribution in [-0.4, -0.2) is 26.9 Å². The topological polar surface area (TPSA) is 38.1 Å². The normalized spacial score (nSPS) is 17.8. The number of hydrogen-bond acceptors (Lipinski definition) is 2. The lowest BCUT2D eigenvalue weighted by Crippen LogP contribution is -2.38. The van der Waals surface area contributed by atoms with Crippen molar-refractivity contribution in [2.24, 2.45) is 7.05 Å². The Hall–Kier alpha value is -2.99. The molecule has 34 heavy (non-hydrogen) atoms. The van der Waals surface area contributed by atoms with E-state index in [-0.39, 0.29) is 17.8 Å². The molecule has 1 atom stereocenters. The number of hydrogen-bond donors (Lipinski definition) is 0. The molecule has 4 aromatic rings. The molecule has 4 nitrogen and oxygen atoms in total. The third-order valence-corrected chi connectivity index (χ3v) is 7.80. The second-order valence-electron chi connectivity index (χ2n) is 9.45. The molecular weight excluding hydrogens is 493 g/mol. The van der Waals surface area contributed by atoms with Gasteiger partial charge in [0, 0.05) is 23.6 Å². The Morgan fingerprint density at radius 1 is 1.09 bits per heavy atom. The number of benzene rings is 3. The van der Waals surface area contributed by atoms with E-state index in [9.17, 15) is 9.18 Å². The molecule has 0 spiro atoms. The fourth-order valence-corrected chi connectivity index (χ4v) is 5.60. The highest BCUT2D eigenvalue weighted by molar-refractivity contribution is 9.10. The maximum atomic E-state index is 14.8. The maximum Gasteiger partial charge on any atom is 0.254 e. The number of carbonyl (C=O) groups is 1. The van der Waals surface area contributed by atoms with Gasteiger partial charge in [-0.05, 0) is 79.1 Å². The smallest absolute Gasteiger partial charge is 0.254 e. The zero-order chi connectivity index (χ0) is 23.6. The van der Waals surface area contributed by atoms with E-state index in [0.29, 0.717) is 33.9 Å². The first-order valence-electron chi connectivity index (χ1n) is 11.8. The van der Waals surface area contributed by atoms with Crippen LogP contribution in [0.5, 0.6) is 0 Å². The Bertz CT molecular complexity index is 1460. The monoisotopic (exact) mass is 517 g/mol. The van der Waals surface area contributed by atoms with Gasteiger partial charge in [-0.1, -0.05) is 40.2 Å². The van der Waals surface area contributed by atoms with Gasteiger partial charge < -0.3 is 9.47 Å².